The first-order chi connectivity index (χ1) is 16.3. The summed E-state index contributed by atoms with van der Waals surface area (Å²) < 4.78 is 3.45. The average molecular weight is 501 g/mol. The van der Waals surface area contributed by atoms with Crippen LogP contribution >= 0.6 is 23.2 Å². The summed E-state index contributed by atoms with van der Waals surface area (Å²) in [5.41, 5.74) is 3.00. The third-order valence-electron chi connectivity index (χ3n) is 6.65. The van der Waals surface area contributed by atoms with Gasteiger partial charge in [0.25, 0.3) is 0 Å². The lowest BCUT2D eigenvalue weighted by atomic mass is 9.86. The molecule has 1 aliphatic heterocycles. The van der Waals surface area contributed by atoms with Crippen LogP contribution in [0.3, 0.4) is 0 Å². The van der Waals surface area contributed by atoms with Crippen LogP contribution in [0.2, 0.25) is 10.0 Å². The molecule has 34 heavy (non-hydrogen) atoms. The predicted molar refractivity (Wildman–Crippen MR) is 141 cm³/mol. The molecule has 0 spiro atoms. The van der Waals surface area contributed by atoms with Gasteiger partial charge in [0.15, 0.2) is 0 Å². The third kappa shape index (κ3) is 4.81. The molecule has 8 heteroatoms. The van der Waals surface area contributed by atoms with Crippen LogP contribution in [0.5, 0.6) is 0 Å². The number of aromatic nitrogens is 2. The average Bonchev–Trinajstić information content (AvgIpc) is 3.10. The fourth-order valence-electron chi connectivity index (χ4n) is 5.10. The Bertz CT molecular complexity index is 1270. The maximum Gasteiger partial charge on any atom is 0.333 e. The van der Waals surface area contributed by atoms with Crippen molar-refractivity contribution in [1.29, 1.82) is 0 Å². The topological polar surface area (TPSA) is 59.3 Å². The molecule has 1 atom stereocenters. The lowest BCUT2D eigenvalue weighted by Crippen LogP contribution is -2.47. The van der Waals surface area contributed by atoms with Crippen molar-refractivity contribution in [3.8, 4) is 0 Å². The van der Waals surface area contributed by atoms with E-state index in [9.17, 15) is 9.59 Å². The van der Waals surface area contributed by atoms with Crippen molar-refractivity contribution in [2.45, 2.75) is 45.7 Å². The van der Waals surface area contributed by atoms with Crippen molar-refractivity contribution >= 4 is 51.5 Å². The molecule has 3 aromatic rings. The third-order valence-corrected chi connectivity index (χ3v) is 7.39. The van der Waals surface area contributed by atoms with Gasteiger partial charge in [0.2, 0.25) is 5.91 Å². The van der Waals surface area contributed by atoms with E-state index >= 15 is 0 Å². The molecular formula is C26H30Cl2N4O2. The van der Waals surface area contributed by atoms with Crippen molar-refractivity contribution in [3.63, 3.8) is 0 Å². The quantitative estimate of drug-likeness (QED) is 0.471. The first-order valence-electron chi connectivity index (χ1n) is 11.6. The number of halogens is 2. The van der Waals surface area contributed by atoms with Gasteiger partial charge in [-0.05, 0) is 75.5 Å². The second kappa shape index (κ2) is 10.4. The lowest BCUT2D eigenvalue weighted by Gasteiger charge is -2.39. The molecule has 1 saturated heterocycles. The van der Waals surface area contributed by atoms with Crippen LogP contribution < -0.4 is 15.9 Å². The van der Waals surface area contributed by atoms with Gasteiger partial charge < -0.3 is 10.2 Å². The molecule has 1 unspecified atom stereocenters. The molecule has 4 rings (SSSR count). The molecule has 2 aromatic carbocycles. The number of amides is 1. The molecular weight excluding hydrogens is 471 g/mol. The summed E-state index contributed by atoms with van der Waals surface area (Å²) in [7, 11) is 0. The highest BCUT2D eigenvalue weighted by atomic mass is 35.5. The molecule has 2 heterocycles. The monoisotopic (exact) mass is 500 g/mol. The molecule has 1 aliphatic rings. The minimum absolute atomic E-state index is 0.0568. The van der Waals surface area contributed by atoms with Gasteiger partial charge in [0.1, 0.15) is 0 Å². The maximum absolute atomic E-state index is 13.3. The first kappa shape index (κ1) is 24.6. The summed E-state index contributed by atoms with van der Waals surface area (Å²) in [5.74, 6) is 0.239. The number of para-hydroxylation sites is 2. The van der Waals surface area contributed by atoms with Crippen molar-refractivity contribution in [2.75, 3.05) is 18.0 Å². The summed E-state index contributed by atoms with van der Waals surface area (Å²) in [5, 5.41) is 4.27. The predicted octanol–water partition coefficient (Wildman–Crippen LogP) is 5.41. The van der Waals surface area contributed by atoms with Crippen LogP contribution in [0.1, 0.15) is 33.1 Å². The lowest BCUT2D eigenvalue weighted by molar-refractivity contribution is -0.117. The van der Waals surface area contributed by atoms with Gasteiger partial charge >= 0.3 is 5.69 Å². The number of rotatable bonds is 7. The number of nitrogens with zero attached hydrogens (tertiary/aromatic N) is 3. The Morgan fingerprint density at radius 3 is 2.41 bits per heavy atom. The van der Waals surface area contributed by atoms with Crippen molar-refractivity contribution in [1.82, 2.24) is 14.5 Å². The van der Waals surface area contributed by atoms with E-state index in [0.717, 1.165) is 42.7 Å². The number of piperidine rings is 1. The van der Waals surface area contributed by atoms with Crippen LogP contribution in [-0.4, -0.2) is 34.2 Å². The highest BCUT2D eigenvalue weighted by Crippen LogP contribution is 2.33. The second-order valence-corrected chi connectivity index (χ2v) is 9.74. The summed E-state index contributed by atoms with van der Waals surface area (Å²) in [6.45, 7) is 9.70. The van der Waals surface area contributed by atoms with Crippen molar-refractivity contribution in [2.24, 2.45) is 5.92 Å². The number of anilines is 1. The molecule has 6 nitrogen and oxygen atoms in total. The summed E-state index contributed by atoms with van der Waals surface area (Å²) >= 11 is 12.5. The number of nitrogens with one attached hydrogen (secondary N) is 1. The van der Waals surface area contributed by atoms with Crippen molar-refractivity contribution in [3.05, 3.63) is 69.6 Å². The number of hydrogen-bond acceptors (Lipinski definition) is 3. The van der Waals surface area contributed by atoms with E-state index in [1.165, 1.54) is 0 Å². The maximum atomic E-state index is 13.3. The minimum atomic E-state index is -0.110. The molecule has 1 N–H and O–H groups in total. The number of carbonyl (C=O) groups is 1. The molecule has 0 aliphatic carbocycles. The zero-order chi connectivity index (χ0) is 24.4. The molecule has 1 fully saturated rings. The fourth-order valence-corrected chi connectivity index (χ4v) is 5.39. The smallest absolute Gasteiger partial charge is 0.317 e. The minimum Gasteiger partial charge on any atom is -0.317 e. The van der Waals surface area contributed by atoms with E-state index in [0.29, 0.717) is 34.6 Å². The number of carbonyl (C=O) groups excluding carboxylic acids is 1. The molecule has 1 amide bonds. The zero-order valence-corrected chi connectivity index (χ0v) is 21.1. The number of benzene rings is 2. The van der Waals surface area contributed by atoms with E-state index in [-0.39, 0.29) is 17.6 Å². The molecule has 0 bridgehead atoms. The number of fused-ring (bicyclic) bond motifs is 1. The van der Waals surface area contributed by atoms with Crippen molar-refractivity contribution < 1.29 is 4.79 Å². The standard InChI is InChI=1S/C26H30Cl2N4O2/c1-17(2)31-25-7-5-4-6-24(25)30(26(31)34)15-12-23(19-10-13-29-14-11-19)32(18(3)33)20-8-9-21(27)22(28)16-20/h4-9,16,19,23,29H,1,10-15H2,2-3H3. The second-order valence-electron chi connectivity index (χ2n) is 8.92. The highest BCUT2D eigenvalue weighted by Gasteiger charge is 2.32. The Balaban J connectivity index is 1.73. The molecule has 1 aromatic heterocycles. The first-order valence-corrected chi connectivity index (χ1v) is 12.4. The zero-order valence-electron chi connectivity index (χ0n) is 19.6. The number of imidazole rings is 1. The van der Waals surface area contributed by atoms with E-state index in [2.05, 4.69) is 11.9 Å². The fraction of sp³-hybridized carbons (Fsp3) is 0.385. The van der Waals surface area contributed by atoms with Gasteiger partial charge in [-0.2, -0.15) is 0 Å². The van der Waals surface area contributed by atoms with Gasteiger partial charge in [-0.25, -0.2) is 4.79 Å². The Morgan fingerprint density at radius 1 is 1.12 bits per heavy atom. The number of hydrogen-bond donors (Lipinski definition) is 1. The SMILES string of the molecule is C=C(C)n1c(=O)n(CCC(C2CCNCC2)N(C(C)=O)c2ccc(Cl)c(Cl)c2)c2ccccc21. The van der Waals surface area contributed by atoms with E-state index in [4.69, 9.17) is 23.2 Å². The van der Waals surface area contributed by atoms with Crippen LogP contribution in [0.15, 0.2) is 53.8 Å². The van der Waals surface area contributed by atoms with Gasteiger partial charge in [0.05, 0.1) is 21.1 Å². The Kier molecular flexibility index (Phi) is 7.51. The molecule has 0 radical (unpaired) electrons. The number of allylic oxidation sites excluding steroid dienone is 1. The summed E-state index contributed by atoms with van der Waals surface area (Å²) in [4.78, 5) is 28.1. The van der Waals surface area contributed by atoms with E-state index < -0.39 is 0 Å². The summed E-state index contributed by atoms with van der Waals surface area (Å²) in [6, 6.07) is 13.0. The highest BCUT2D eigenvalue weighted by molar-refractivity contribution is 6.42. The van der Waals surface area contributed by atoms with Crippen LogP contribution in [-0.2, 0) is 11.3 Å². The molecule has 180 valence electrons. The van der Waals surface area contributed by atoms with E-state index in [1.807, 2.05) is 42.2 Å². The van der Waals surface area contributed by atoms with E-state index in [1.54, 1.807) is 28.2 Å². The number of aryl methyl sites for hydroxylation is 1. The Hall–Kier alpha value is -2.54. The van der Waals surface area contributed by atoms with Gasteiger partial charge in [-0.3, -0.25) is 13.9 Å². The van der Waals surface area contributed by atoms with Crippen LogP contribution in [0.4, 0.5) is 5.69 Å². The summed E-state index contributed by atoms with van der Waals surface area (Å²) in [6.07, 6.45) is 2.55. The largest absolute Gasteiger partial charge is 0.333 e. The Labute approximate surface area is 209 Å². The Morgan fingerprint density at radius 2 is 1.79 bits per heavy atom. The van der Waals surface area contributed by atoms with Gasteiger partial charge in [-0.15, -0.1) is 0 Å². The van der Waals surface area contributed by atoms with Crippen LogP contribution in [0, 0.1) is 5.92 Å². The molecule has 0 saturated carbocycles. The normalized spacial score (nSPS) is 15.4. The van der Waals surface area contributed by atoms with Gasteiger partial charge in [0, 0.05) is 30.9 Å². The van der Waals surface area contributed by atoms with Gasteiger partial charge in [-0.1, -0.05) is 41.9 Å². The van der Waals surface area contributed by atoms with Crippen LogP contribution in [0.25, 0.3) is 16.7 Å².